The third-order valence-corrected chi connectivity index (χ3v) is 5.49. The SMILES string of the molecule is COC(F)(OC)OC.CO[Si](CCCOCCF)(OC)OC. The van der Waals surface area contributed by atoms with Crippen molar-refractivity contribution in [2.45, 2.75) is 18.7 Å². The van der Waals surface area contributed by atoms with E-state index in [1.165, 1.54) is 0 Å². The van der Waals surface area contributed by atoms with Crippen LogP contribution in [0.1, 0.15) is 6.42 Å². The second kappa shape index (κ2) is 14.4. The second-order valence-electron chi connectivity index (χ2n) is 3.79. The van der Waals surface area contributed by atoms with E-state index in [2.05, 4.69) is 14.2 Å². The molecule has 0 heterocycles. The maximum atomic E-state index is 12.3. The minimum absolute atomic E-state index is 0.154. The Morgan fingerprint density at radius 2 is 1.27 bits per heavy atom. The molecule has 0 rings (SSSR count). The van der Waals surface area contributed by atoms with E-state index in [1.807, 2.05) is 0 Å². The highest BCUT2D eigenvalue weighted by molar-refractivity contribution is 6.60. The topological polar surface area (TPSA) is 64.6 Å². The fraction of sp³-hybridized carbons (Fsp3) is 1.00. The lowest BCUT2D eigenvalue weighted by molar-refractivity contribution is -0.425. The van der Waals surface area contributed by atoms with Crippen LogP contribution in [0, 0.1) is 0 Å². The summed E-state index contributed by atoms with van der Waals surface area (Å²) < 4.78 is 57.0. The minimum atomic E-state index is -2.45. The van der Waals surface area contributed by atoms with Gasteiger partial charge in [-0.05, 0) is 6.42 Å². The van der Waals surface area contributed by atoms with Gasteiger partial charge in [-0.2, -0.15) is 4.39 Å². The monoisotopic (exact) mass is 350 g/mol. The smallest absolute Gasteiger partial charge is 0.379 e. The zero-order valence-electron chi connectivity index (χ0n) is 14.1. The van der Waals surface area contributed by atoms with E-state index in [4.69, 9.17) is 18.0 Å². The van der Waals surface area contributed by atoms with Crippen LogP contribution in [0.3, 0.4) is 0 Å². The van der Waals surface area contributed by atoms with Gasteiger partial charge in [0.1, 0.15) is 6.67 Å². The number of hydrogen-bond acceptors (Lipinski definition) is 7. The first-order valence-electron chi connectivity index (χ1n) is 6.56. The fourth-order valence-corrected chi connectivity index (χ4v) is 3.04. The van der Waals surface area contributed by atoms with E-state index >= 15 is 0 Å². The number of rotatable bonds is 12. The van der Waals surface area contributed by atoms with Crippen LogP contribution in [0.4, 0.5) is 8.78 Å². The van der Waals surface area contributed by atoms with Crippen molar-refractivity contribution in [3.8, 4) is 0 Å². The predicted octanol–water partition coefficient (Wildman–Crippen LogP) is 1.75. The summed E-state index contributed by atoms with van der Waals surface area (Å²) >= 11 is 0. The fourth-order valence-electron chi connectivity index (χ4n) is 1.35. The normalized spacial score (nSPS) is 12.0. The van der Waals surface area contributed by atoms with E-state index in [1.54, 1.807) is 21.3 Å². The lowest BCUT2D eigenvalue weighted by Crippen LogP contribution is -2.42. The van der Waals surface area contributed by atoms with Crippen molar-refractivity contribution in [2.75, 3.05) is 62.5 Å². The molecule has 0 aliphatic rings. The summed E-state index contributed by atoms with van der Waals surface area (Å²) in [4.78, 5) is 0. The molecule has 0 unspecified atom stereocenters. The number of alkyl halides is 2. The molecule has 0 saturated carbocycles. The first-order chi connectivity index (χ1) is 10.4. The van der Waals surface area contributed by atoms with Gasteiger partial charge in [0.15, 0.2) is 0 Å². The number of hydrogen-bond donors (Lipinski definition) is 0. The molecule has 0 N–H and O–H groups in total. The van der Waals surface area contributed by atoms with Crippen molar-refractivity contribution >= 4 is 8.80 Å². The van der Waals surface area contributed by atoms with Gasteiger partial charge in [-0.25, -0.2) is 4.39 Å². The molecule has 0 amide bonds. The molecule has 0 aromatic heterocycles. The maximum absolute atomic E-state index is 12.3. The lowest BCUT2D eigenvalue weighted by atomic mass is 10.5. The first kappa shape index (κ1) is 24.1. The molecule has 0 aliphatic heterocycles. The molecule has 136 valence electrons. The van der Waals surface area contributed by atoms with Crippen LogP contribution in [-0.2, 0) is 32.2 Å². The van der Waals surface area contributed by atoms with Crippen molar-refractivity contribution in [2.24, 2.45) is 0 Å². The van der Waals surface area contributed by atoms with Crippen molar-refractivity contribution in [1.82, 2.24) is 0 Å². The summed E-state index contributed by atoms with van der Waals surface area (Å²) in [5.41, 5.74) is 0. The summed E-state index contributed by atoms with van der Waals surface area (Å²) in [6.07, 6.45) is -1.62. The summed E-state index contributed by atoms with van der Waals surface area (Å²) in [7, 11) is 5.70. The van der Waals surface area contributed by atoms with Crippen LogP contribution >= 0.6 is 0 Å². The van der Waals surface area contributed by atoms with E-state index in [0.29, 0.717) is 12.7 Å². The summed E-state index contributed by atoms with van der Waals surface area (Å²) in [5.74, 6) is 0. The summed E-state index contributed by atoms with van der Waals surface area (Å²) in [6, 6.07) is 0.683. The number of methoxy groups -OCH3 is 3. The molecule has 0 spiro atoms. The molecular weight excluding hydrogens is 322 g/mol. The standard InChI is InChI=1S/C8H19FO4Si.C4H9FO3/c1-10-14(11-2,12-3)8-4-6-13-7-5-9;1-6-4(5,7-2)8-3/h4-8H2,1-3H3;1-3H3. The van der Waals surface area contributed by atoms with E-state index in [9.17, 15) is 8.78 Å². The predicted molar refractivity (Wildman–Crippen MR) is 77.9 cm³/mol. The molecule has 7 nitrogen and oxygen atoms in total. The molecule has 0 fully saturated rings. The van der Waals surface area contributed by atoms with Crippen molar-refractivity contribution in [3.63, 3.8) is 0 Å². The van der Waals surface area contributed by atoms with Gasteiger partial charge in [-0.15, -0.1) is 0 Å². The third kappa shape index (κ3) is 10.5. The van der Waals surface area contributed by atoms with Crippen LogP contribution in [0.25, 0.3) is 0 Å². The highest BCUT2D eigenvalue weighted by Gasteiger charge is 2.36. The van der Waals surface area contributed by atoms with Gasteiger partial charge >= 0.3 is 15.0 Å². The largest absolute Gasteiger partial charge is 0.500 e. The maximum Gasteiger partial charge on any atom is 0.500 e. The van der Waals surface area contributed by atoms with Crippen molar-refractivity contribution in [3.05, 3.63) is 0 Å². The number of ether oxygens (including phenoxy) is 4. The van der Waals surface area contributed by atoms with Crippen molar-refractivity contribution < 1.29 is 41.0 Å². The first-order valence-corrected chi connectivity index (χ1v) is 8.49. The molecule has 0 saturated heterocycles. The average Bonchev–Trinajstić information content (AvgIpc) is 2.58. The Labute approximate surface area is 132 Å². The van der Waals surface area contributed by atoms with Gasteiger partial charge in [-0.3, -0.25) is 0 Å². The third-order valence-electron chi connectivity index (χ3n) is 2.66. The van der Waals surface area contributed by atoms with Crippen LogP contribution in [0.5, 0.6) is 0 Å². The zero-order chi connectivity index (χ0) is 17.5. The van der Waals surface area contributed by atoms with Gasteiger partial charge in [0.05, 0.1) is 6.61 Å². The van der Waals surface area contributed by atoms with E-state index in [0.717, 1.165) is 27.8 Å². The van der Waals surface area contributed by atoms with Gasteiger partial charge in [0.25, 0.3) is 0 Å². The minimum Gasteiger partial charge on any atom is -0.379 e. The highest BCUT2D eigenvalue weighted by atomic mass is 28.4. The molecule has 10 heteroatoms. The Kier molecular flexibility index (Phi) is 15.7. The van der Waals surface area contributed by atoms with Gasteiger partial charge in [-0.1, -0.05) is 0 Å². The van der Waals surface area contributed by atoms with Gasteiger partial charge < -0.3 is 32.2 Å². The molecule has 0 bridgehead atoms. The van der Waals surface area contributed by atoms with Gasteiger partial charge in [0.2, 0.25) is 0 Å². The van der Waals surface area contributed by atoms with E-state index in [-0.39, 0.29) is 6.61 Å². The Bertz CT molecular complexity index is 225. The molecular formula is C12H28F2O7Si. The molecule has 0 aromatic rings. The Hall–Kier alpha value is -0.203. The molecule has 0 radical (unpaired) electrons. The quantitative estimate of drug-likeness (QED) is 0.302. The highest BCUT2D eigenvalue weighted by Crippen LogP contribution is 2.14. The molecule has 0 atom stereocenters. The van der Waals surface area contributed by atoms with Gasteiger partial charge in [0, 0.05) is 55.3 Å². The Balaban J connectivity index is 0. The molecule has 22 heavy (non-hydrogen) atoms. The van der Waals surface area contributed by atoms with Crippen LogP contribution < -0.4 is 0 Å². The second-order valence-corrected chi connectivity index (χ2v) is 6.88. The Morgan fingerprint density at radius 1 is 0.818 bits per heavy atom. The zero-order valence-corrected chi connectivity index (χ0v) is 15.1. The molecule has 0 aromatic carbocycles. The van der Waals surface area contributed by atoms with Crippen LogP contribution in [-0.4, -0.2) is 77.6 Å². The summed E-state index contributed by atoms with van der Waals surface area (Å²) in [6.45, 7) is 0.220. The van der Waals surface area contributed by atoms with Crippen molar-refractivity contribution in [1.29, 1.82) is 0 Å². The summed E-state index contributed by atoms with van der Waals surface area (Å²) in [5, 5.41) is 0. The molecule has 0 aliphatic carbocycles. The van der Waals surface area contributed by atoms with Crippen LogP contribution in [0.2, 0.25) is 6.04 Å². The average molecular weight is 350 g/mol. The number of halogens is 2. The van der Waals surface area contributed by atoms with Crippen LogP contribution in [0.15, 0.2) is 0 Å². The lowest BCUT2D eigenvalue weighted by Gasteiger charge is -2.24. The Morgan fingerprint density at radius 3 is 1.55 bits per heavy atom. The van der Waals surface area contributed by atoms with E-state index < -0.39 is 21.7 Å².